The number of benzene rings is 2. The molecule has 0 unspecified atom stereocenters. The Bertz CT molecular complexity index is 618. The molecule has 0 heterocycles. The molecular weight excluding hydrogens is 276 g/mol. The predicted molar refractivity (Wildman–Crippen MR) is 63.0 cm³/mol. The van der Waals surface area contributed by atoms with E-state index in [9.17, 15) is 22.4 Å². The van der Waals surface area contributed by atoms with Crippen LogP contribution in [0.15, 0.2) is 48.5 Å². The van der Waals surface area contributed by atoms with E-state index in [0.717, 1.165) is 18.2 Å². The summed E-state index contributed by atoms with van der Waals surface area (Å²) in [6, 6.07) is 9.50. The van der Waals surface area contributed by atoms with Gasteiger partial charge >= 0.3 is 6.36 Å². The molecule has 0 aliphatic heterocycles. The van der Waals surface area contributed by atoms with E-state index in [0.29, 0.717) is 0 Å². The van der Waals surface area contributed by atoms with Crippen molar-refractivity contribution in [3.8, 4) is 5.75 Å². The summed E-state index contributed by atoms with van der Waals surface area (Å²) in [6.45, 7) is 0. The molecule has 0 fully saturated rings. The van der Waals surface area contributed by atoms with Crippen molar-refractivity contribution < 1.29 is 27.1 Å². The number of hydrogen-bond donors (Lipinski definition) is 0. The zero-order valence-corrected chi connectivity index (χ0v) is 9.95. The fourth-order valence-corrected chi connectivity index (χ4v) is 1.62. The lowest BCUT2D eigenvalue weighted by atomic mass is 10.0. The number of carbonyl (C=O) groups is 1. The van der Waals surface area contributed by atoms with Crippen molar-refractivity contribution in [2.45, 2.75) is 6.36 Å². The Balaban J connectivity index is 2.37. The van der Waals surface area contributed by atoms with Crippen LogP contribution in [0.1, 0.15) is 15.9 Å². The number of hydrogen-bond acceptors (Lipinski definition) is 2. The maximum absolute atomic E-state index is 12.8. The SMILES string of the molecule is O=C(c1ccc(F)cc1)c1ccccc1OC(F)(F)F. The summed E-state index contributed by atoms with van der Waals surface area (Å²) in [5.74, 6) is -1.81. The van der Waals surface area contributed by atoms with Crippen LogP contribution in [0.25, 0.3) is 0 Å². The highest BCUT2D eigenvalue weighted by Crippen LogP contribution is 2.27. The fourth-order valence-electron chi connectivity index (χ4n) is 1.62. The number of para-hydroxylation sites is 1. The molecule has 0 N–H and O–H groups in total. The molecule has 104 valence electrons. The maximum Gasteiger partial charge on any atom is 0.573 e. The lowest BCUT2D eigenvalue weighted by Gasteiger charge is -2.12. The lowest BCUT2D eigenvalue weighted by molar-refractivity contribution is -0.274. The third-order valence-electron chi connectivity index (χ3n) is 2.46. The Morgan fingerprint density at radius 3 is 2.15 bits per heavy atom. The molecule has 0 bridgehead atoms. The zero-order valence-electron chi connectivity index (χ0n) is 9.95. The molecule has 2 nitrogen and oxygen atoms in total. The van der Waals surface area contributed by atoms with Gasteiger partial charge in [-0.1, -0.05) is 12.1 Å². The van der Waals surface area contributed by atoms with Crippen molar-refractivity contribution in [3.63, 3.8) is 0 Å². The van der Waals surface area contributed by atoms with Crippen LogP contribution in [0, 0.1) is 5.82 Å². The van der Waals surface area contributed by atoms with Crippen molar-refractivity contribution >= 4 is 5.78 Å². The molecule has 0 amide bonds. The predicted octanol–water partition coefficient (Wildman–Crippen LogP) is 3.96. The monoisotopic (exact) mass is 284 g/mol. The summed E-state index contributed by atoms with van der Waals surface area (Å²) in [5.41, 5.74) is -0.166. The van der Waals surface area contributed by atoms with E-state index >= 15 is 0 Å². The Morgan fingerprint density at radius 2 is 1.55 bits per heavy atom. The Kier molecular flexibility index (Phi) is 3.74. The lowest BCUT2D eigenvalue weighted by Crippen LogP contribution is -2.19. The second-order valence-electron chi connectivity index (χ2n) is 3.88. The molecular formula is C14H8F4O2. The summed E-state index contributed by atoms with van der Waals surface area (Å²) in [7, 11) is 0. The van der Waals surface area contributed by atoms with Gasteiger partial charge in [-0.15, -0.1) is 13.2 Å². The number of carbonyl (C=O) groups excluding carboxylic acids is 1. The van der Waals surface area contributed by atoms with Crippen LogP contribution < -0.4 is 4.74 Å². The second kappa shape index (κ2) is 5.32. The minimum atomic E-state index is -4.89. The first-order valence-electron chi connectivity index (χ1n) is 5.52. The molecule has 2 rings (SSSR count). The molecule has 0 radical (unpaired) electrons. The van der Waals surface area contributed by atoms with E-state index in [1.807, 2.05) is 0 Å². The third kappa shape index (κ3) is 3.34. The van der Waals surface area contributed by atoms with Crippen molar-refractivity contribution in [1.82, 2.24) is 0 Å². The largest absolute Gasteiger partial charge is 0.573 e. The average Bonchev–Trinajstić information content (AvgIpc) is 2.37. The molecule has 0 atom stereocenters. The molecule has 2 aromatic carbocycles. The molecule has 0 spiro atoms. The van der Waals surface area contributed by atoms with Gasteiger partial charge < -0.3 is 4.74 Å². The first-order valence-corrected chi connectivity index (χ1v) is 5.52. The normalized spacial score (nSPS) is 11.2. The fraction of sp³-hybridized carbons (Fsp3) is 0.0714. The molecule has 6 heteroatoms. The van der Waals surface area contributed by atoms with Gasteiger partial charge in [0.1, 0.15) is 11.6 Å². The number of ether oxygens (including phenoxy) is 1. The molecule has 0 saturated carbocycles. The molecule has 0 aliphatic rings. The van der Waals surface area contributed by atoms with Crippen LogP contribution in [0.4, 0.5) is 17.6 Å². The van der Waals surface area contributed by atoms with E-state index in [2.05, 4.69) is 4.74 Å². The van der Waals surface area contributed by atoms with Crippen LogP contribution in [-0.2, 0) is 0 Å². The molecule has 2 aromatic rings. The highest BCUT2D eigenvalue weighted by molar-refractivity contribution is 6.10. The van der Waals surface area contributed by atoms with E-state index in [1.54, 1.807) is 0 Å². The smallest absolute Gasteiger partial charge is 0.405 e. The van der Waals surface area contributed by atoms with Crippen LogP contribution in [-0.4, -0.2) is 12.1 Å². The van der Waals surface area contributed by atoms with Crippen LogP contribution in [0.5, 0.6) is 5.75 Å². The number of rotatable bonds is 3. The third-order valence-corrected chi connectivity index (χ3v) is 2.46. The Hall–Kier alpha value is -2.37. The molecule has 0 aliphatic carbocycles. The summed E-state index contributed by atoms with van der Waals surface area (Å²) >= 11 is 0. The standard InChI is InChI=1S/C14H8F4O2/c15-10-7-5-9(6-8-10)13(19)11-3-1-2-4-12(11)20-14(16,17)18/h1-8H. The summed E-state index contributed by atoms with van der Waals surface area (Å²) in [4.78, 5) is 12.1. The van der Waals surface area contributed by atoms with E-state index in [1.165, 1.54) is 30.3 Å². The topological polar surface area (TPSA) is 26.3 Å². The van der Waals surface area contributed by atoms with Crippen molar-refractivity contribution in [1.29, 1.82) is 0 Å². The number of halogens is 4. The molecule has 0 saturated heterocycles. The first kappa shape index (κ1) is 14.0. The van der Waals surface area contributed by atoms with E-state index in [-0.39, 0.29) is 11.1 Å². The van der Waals surface area contributed by atoms with Gasteiger partial charge in [-0.2, -0.15) is 0 Å². The average molecular weight is 284 g/mol. The Labute approximate surface area is 111 Å². The van der Waals surface area contributed by atoms with Crippen molar-refractivity contribution in [2.75, 3.05) is 0 Å². The summed E-state index contributed by atoms with van der Waals surface area (Å²) < 4.78 is 53.3. The highest BCUT2D eigenvalue weighted by atomic mass is 19.4. The second-order valence-corrected chi connectivity index (χ2v) is 3.88. The van der Waals surface area contributed by atoms with Gasteiger partial charge in [0.15, 0.2) is 5.78 Å². The van der Waals surface area contributed by atoms with Gasteiger partial charge in [-0.25, -0.2) is 4.39 Å². The summed E-state index contributed by atoms with van der Waals surface area (Å²) in [5, 5.41) is 0. The molecule has 20 heavy (non-hydrogen) atoms. The van der Waals surface area contributed by atoms with Gasteiger partial charge in [0, 0.05) is 5.56 Å². The Morgan fingerprint density at radius 1 is 0.950 bits per heavy atom. The first-order chi connectivity index (χ1) is 9.37. The molecule has 0 aromatic heterocycles. The minimum Gasteiger partial charge on any atom is -0.405 e. The van der Waals surface area contributed by atoms with Crippen molar-refractivity contribution in [3.05, 3.63) is 65.5 Å². The van der Waals surface area contributed by atoms with Crippen LogP contribution in [0.3, 0.4) is 0 Å². The maximum atomic E-state index is 12.8. The van der Waals surface area contributed by atoms with Gasteiger partial charge in [0.05, 0.1) is 5.56 Å². The van der Waals surface area contributed by atoms with Gasteiger partial charge in [0.25, 0.3) is 0 Å². The zero-order chi connectivity index (χ0) is 14.8. The number of alkyl halides is 3. The minimum absolute atomic E-state index is 0.0737. The summed E-state index contributed by atoms with van der Waals surface area (Å²) in [6.07, 6.45) is -4.89. The van der Waals surface area contributed by atoms with Gasteiger partial charge in [-0.05, 0) is 36.4 Å². The highest BCUT2D eigenvalue weighted by Gasteiger charge is 2.32. The van der Waals surface area contributed by atoms with Crippen LogP contribution in [0.2, 0.25) is 0 Å². The quantitative estimate of drug-likeness (QED) is 0.630. The van der Waals surface area contributed by atoms with Gasteiger partial charge in [-0.3, -0.25) is 4.79 Å². The number of ketones is 1. The van der Waals surface area contributed by atoms with Crippen LogP contribution >= 0.6 is 0 Å². The van der Waals surface area contributed by atoms with Gasteiger partial charge in [0.2, 0.25) is 0 Å². The van der Waals surface area contributed by atoms with E-state index in [4.69, 9.17) is 0 Å². The van der Waals surface area contributed by atoms with E-state index < -0.39 is 23.7 Å². The van der Waals surface area contributed by atoms with Crippen molar-refractivity contribution in [2.24, 2.45) is 0 Å².